The lowest BCUT2D eigenvalue weighted by Crippen LogP contribution is -2.13. The van der Waals surface area contributed by atoms with Gasteiger partial charge >= 0.3 is 0 Å². The predicted octanol–water partition coefficient (Wildman–Crippen LogP) is 1.35. The summed E-state index contributed by atoms with van der Waals surface area (Å²) in [6.45, 7) is 1.82. The average molecular weight is 199 g/mol. The summed E-state index contributed by atoms with van der Waals surface area (Å²) in [5, 5.41) is 11.6. The Balaban J connectivity index is 2.51. The minimum Gasteiger partial charge on any atom is -0.295 e. The van der Waals surface area contributed by atoms with Gasteiger partial charge in [0.15, 0.2) is 0 Å². The number of hydrogen-bond acceptors (Lipinski definition) is 2. The second kappa shape index (κ2) is 3.46. The van der Waals surface area contributed by atoms with Crippen LogP contribution in [0.25, 0.3) is 5.69 Å². The van der Waals surface area contributed by atoms with Crippen LogP contribution < -0.4 is 5.56 Å². The van der Waals surface area contributed by atoms with E-state index in [1.54, 1.807) is 24.3 Å². The van der Waals surface area contributed by atoms with E-state index in [1.165, 1.54) is 10.7 Å². The fourth-order valence-corrected chi connectivity index (χ4v) is 1.39. The van der Waals surface area contributed by atoms with E-state index in [2.05, 4.69) is 5.10 Å². The van der Waals surface area contributed by atoms with Crippen LogP contribution in [0.2, 0.25) is 0 Å². The van der Waals surface area contributed by atoms with Crippen LogP contribution in [-0.2, 0) is 0 Å². The zero-order valence-corrected chi connectivity index (χ0v) is 8.19. The van der Waals surface area contributed by atoms with Crippen LogP contribution >= 0.6 is 0 Å². The Hall–Kier alpha value is -2.28. The summed E-state index contributed by atoms with van der Waals surface area (Å²) in [7, 11) is 0. The van der Waals surface area contributed by atoms with Crippen molar-refractivity contribution in [2.24, 2.45) is 0 Å². The molecule has 0 aliphatic carbocycles. The van der Waals surface area contributed by atoms with E-state index in [9.17, 15) is 4.79 Å². The average Bonchev–Trinajstić information content (AvgIpc) is 2.58. The maximum Gasteiger partial charge on any atom is 0.271 e. The normalized spacial score (nSPS) is 9.87. The Morgan fingerprint density at radius 1 is 1.33 bits per heavy atom. The molecule has 15 heavy (non-hydrogen) atoms. The van der Waals surface area contributed by atoms with Gasteiger partial charge < -0.3 is 0 Å². The third-order valence-corrected chi connectivity index (χ3v) is 2.10. The molecule has 0 amide bonds. The van der Waals surface area contributed by atoms with Gasteiger partial charge in [0.25, 0.3) is 5.56 Å². The van der Waals surface area contributed by atoms with Gasteiger partial charge in [0.2, 0.25) is 0 Å². The Morgan fingerprint density at radius 3 is 2.47 bits per heavy atom. The molecule has 2 aromatic rings. The standard InChI is InChI=1S/C11H9N3O/c1-8-6-11(15)14(13-8)10-4-2-9(7-12)3-5-10/h2-6,13H,1H3. The summed E-state index contributed by atoms with van der Waals surface area (Å²) in [5.74, 6) is 0. The zero-order chi connectivity index (χ0) is 10.8. The molecule has 0 saturated carbocycles. The fourth-order valence-electron chi connectivity index (χ4n) is 1.39. The molecule has 4 nitrogen and oxygen atoms in total. The highest BCUT2D eigenvalue weighted by molar-refractivity contribution is 5.38. The number of nitrogens with one attached hydrogen (secondary N) is 1. The van der Waals surface area contributed by atoms with Crippen molar-refractivity contribution in [2.45, 2.75) is 6.92 Å². The number of H-pyrrole nitrogens is 1. The first-order valence-corrected chi connectivity index (χ1v) is 4.50. The van der Waals surface area contributed by atoms with Crippen LogP contribution in [0.5, 0.6) is 0 Å². The first kappa shape index (κ1) is 9.28. The number of benzene rings is 1. The van der Waals surface area contributed by atoms with Crippen molar-refractivity contribution in [3.8, 4) is 11.8 Å². The van der Waals surface area contributed by atoms with E-state index in [1.807, 2.05) is 13.0 Å². The molecule has 74 valence electrons. The van der Waals surface area contributed by atoms with Gasteiger partial charge in [0, 0.05) is 11.8 Å². The second-order valence-corrected chi connectivity index (χ2v) is 3.27. The lowest BCUT2D eigenvalue weighted by molar-refractivity contribution is 0.835. The summed E-state index contributed by atoms with van der Waals surface area (Å²) >= 11 is 0. The van der Waals surface area contributed by atoms with Crippen LogP contribution in [0, 0.1) is 18.3 Å². The van der Waals surface area contributed by atoms with Gasteiger partial charge in [-0.05, 0) is 31.2 Å². The van der Waals surface area contributed by atoms with Crippen molar-refractivity contribution in [2.75, 3.05) is 0 Å². The third kappa shape index (κ3) is 1.67. The third-order valence-electron chi connectivity index (χ3n) is 2.10. The summed E-state index contributed by atoms with van der Waals surface area (Å²) < 4.78 is 1.44. The van der Waals surface area contributed by atoms with Crippen LogP contribution in [-0.4, -0.2) is 9.78 Å². The molecule has 2 rings (SSSR count). The summed E-state index contributed by atoms with van der Waals surface area (Å²) in [6, 6.07) is 10.4. The molecule has 0 fully saturated rings. The van der Waals surface area contributed by atoms with E-state index in [-0.39, 0.29) is 5.56 Å². The SMILES string of the molecule is Cc1cc(=O)n(-c2ccc(C#N)cc2)[nH]1. The molecule has 4 heteroatoms. The number of aromatic nitrogens is 2. The Bertz CT molecular complexity index is 569. The first-order chi connectivity index (χ1) is 7.20. The second-order valence-electron chi connectivity index (χ2n) is 3.27. The van der Waals surface area contributed by atoms with E-state index in [0.717, 1.165) is 11.4 Å². The molecule has 0 spiro atoms. The maximum atomic E-state index is 11.5. The van der Waals surface area contributed by atoms with E-state index in [0.29, 0.717) is 5.56 Å². The van der Waals surface area contributed by atoms with Gasteiger partial charge in [0.1, 0.15) is 0 Å². The highest BCUT2D eigenvalue weighted by Crippen LogP contribution is 2.06. The van der Waals surface area contributed by atoms with Crippen LogP contribution in [0.1, 0.15) is 11.3 Å². The summed E-state index contributed by atoms with van der Waals surface area (Å²) in [4.78, 5) is 11.5. The van der Waals surface area contributed by atoms with E-state index < -0.39 is 0 Å². The zero-order valence-electron chi connectivity index (χ0n) is 8.19. The van der Waals surface area contributed by atoms with Crippen LogP contribution in [0.4, 0.5) is 0 Å². The van der Waals surface area contributed by atoms with Gasteiger partial charge in [-0.2, -0.15) is 5.26 Å². The molecule has 0 radical (unpaired) electrons. The van der Waals surface area contributed by atoms with Crippen molar-refractivity contribution in [1.29, 1.82) is 5.26 Å². The minimum absolute atomic E-state index is 0.0998. The number of rotatable bonds is 1. The van der Waals surface area contributed by atoms with E-state index >= 15 is 0 Å². The molecule has 1 N–H and O–H groups in total. The largest absolute Gasteiger partial charge is 0.295 e. The molecule has 0 atom stereocenters. The Labute approximate surface area is 86.4 Å². The number of aromatic amines is 1. The van der Waals surface area contributed by atoms with Gasteiger partial charge in [0.05, 0.1) is 17.3 Å². The van der Waals surface area contributed by atoms with Crippen molar-refractivity contribution < 1.29 is 0 Å². The Morgan fingerprint density at radius 2 is 2.00 bits per heavy atom. The van der Waals surface area contributed by atoms with Gasteiger partial charge in [-0.3, -0.25) is 9.89 Å². The van der Waals surface area contributed by atoms with E-state index in [4.69, 9.17) is 5.26 Å². The topological polar surface area (TPSA) is 61.6 Å². The van der Waals surface area contributed by atoms with Crippen LogP contribution in [0.3, 0.4) is 0 Å². The number of aryl methyl sites for hydroxylation is 1. The fraction of sp³-hybridized carbons (Fsp3) is 0.0909. The molecule has 0 bridgehead atoms. The van der Waals surface area contributed by atoms with Crippen molar-refractivity contribution in [3.05, 3.63) is 51.9 Å². The smallest absolute Gasteiger partial charge is 0.271 e. The van der Waals surface area contributed by atoms with Crippen molar-refractivity contribution >= 4 is 0 Å². The maximum absolute atomic E-state index is 11.5. The summed E-state index contributed by atoms with van der Waals surface area (Å²) in [6.07, 6.45) is 0. The first-order valence-electron chi connectivity index (χ1n) is 4.50. The molecule has 0 aliphatic heterocycles. The lowest BCUT2D eigenvalue weighted by atomic mass is 10.2. The molecular weight excluding hydrogens is 190 g/mol. The molecular formula is C11H9N3O. The predicted molar refractivity (Wildman–Crippen MR) is 55.8 cm³/mol. The number of nitrogens with zero attached hydrogens (tertiary/aromatic N) is 2. The lowest BCUT2D eigenvalue weighted by Gasteiger charge is -2.00. The molecule has 0 unspecified atom stereocenters. The molecule has 1 aromatic heterocycles. The molecule has 0 saturated heterocycles. The number of hydrogen-bond donors (Lipinski definition) is 1. The van der Waals surface area contributed by atoms with Gasteiger partial charge in [-0.25, -0.2) is 4.68 Å². The van der Waals surface area contributed by atoms with Gasteiger partial charge in [-0.1, -0.05) is 0 Å². The number of nitriles is 1. The van der Waals surface area contributed by atoms with Crippen molar-refractivity contribution in [1.82, 2.24) is 9.78 Å². The molecule has 0 aliphatic rings. The molecule has 1 heterocycles. The summed E-state index contributed by atoms with van der Waals surface area (Å²) in [5.41, 5.74) is 2.02. The highest BCUT2D eigenvalue weighted by atomic mass is 16.1. The van der Waals surface area contributed by atoms with Crippen molar-refractivity contribution in [3.63, 3.8) is 0 Å². The quantitative estimate of drug-likeness (QED) is 0.753. The minimum atomic E-state index is -0.0998. The Kier molecular flexibility index (Phi) is 2.14. The molecule has 1 aromatic carbocycles. The monoisotopic (exact) mass is 199 g/mol. The highest BCUT2D eigenvalue weighted by Gasteiger charge is 2.01. The van der Waals surface area contributed by atoms with Crippen LogP contribution in [0.15, 0.2) is 35.1 Å². The van der Waals surface area contributed by atoms with Gasteiger partial charge in [-0.15, -0.1) is 0 Å².